The van der Waals surface area contributed by atoms with Gasteiger partial charge in [-0.05, 0) is 31.0 Å². The van der Waals surface area contributed by atoms with Gasteiger partial charge in [-0.3, -0.25) is 4.98 Å². The van der Waals surface area contributed by atoms with Crippen molar-refractivity contribution in [3.05, 3.63) is 30.1 Å². The first-order valence-corrected chi connectivity index (χ1v) is 5.16. The Balaban J connectivity index is 1.76. The third-order valence-electron chi connectivity index (χ3n) is 2.46. The van der Waals surface area contributed by atoms with Crippen LogP contribution in [0.1, 0.15) is 18.4 Å². The molecule has 1 aromatic rings. The molecule has 0 radical (unpaired) electrons. The normalized spacial score (nSPS) is 22.1. The lowest BCUT2D eigenvalue weighted by atomic mass is 10.1. The molecule has 0 unspecified atom stereocenters. The van der Waals surface area contributed by atoms with Crippen molar-refractivity contribution in [3.63, 3.8) is 0 Å². The number of hydrogen-bond donors (Lipinski definition) is 1. The number of pyridine rings is 1. The Hall–Kier alpha value is -0.930. The van der Waals surface area contributed by atoms with Gasteiger partial charge in [0, 0.05) is 18.9 Å². The largest absolute Gasteiger partial charge is 0.372 e. The second-order valence-corrected chi connectivity index (χ2v) is 3.64. The summed E-state index contributed by atoms with van der Waals surface area (Å²) in [5.41, 5.74) is 1.15. The fourth-order valence-electron chi connectivity index (χ4n) is 1.66. The summed E-state index contributed by atoms with van der Waals surface area (Å²) in [7, 11) is 0. The zero-order chi connectivity index (χ0) is 9.64. The Bertz CT molecular complexity index is 257. The highest BCUT2D eigenvalue weighted by atomic mass is 16.5. The van der Waals surface area contributed by atoms with Crippen LogP contribution in [0.5, 0.6) is 0 Å². The molecule has 1 aliphatic rings. The van der Waals surface area contributed by atoms with E-state index in [1.54, 1.807) is 6.20 Å². The lowest BCUT2D eigenvalue weighted by molar-refractivity contribution is 0.0252. The molecule has 1 aromatic heterocycles. The number of nitrogens with zero attached hydrogens (tertiary/aromatic N) is 1. The SMILES string of the molecule is c1cncc(CO[C@@H]2CCCNC2)c1. The lowest BCUT2D eigenvalue weighted by Gasteiger charge is -2.22. The molecule has 2 heterocycles. The predicted octanol–water partition coefficient (Wildman–Crippen LogP) is 1.35. The van der Waals surface area contributed by atoms with Gasteiger partial charge in [0.2, 0.25) is 0 Å². The molecule has 76 valence electrons. The minimum atomic E-state index is 0.379. The molecular weight excluding hydrogens is 176 g/mol. The number of rotatable bonds is 3. The van der Waals surface area contributed by atoms with Crippen molar-refractivity contribution in [1.82, 2.24) is 10.3 Å². The summed E-state index contributed by atoms with van der Waals surface area (Å²) in [4.78, 5) is 4.05. The van der Waals surface area contributed by atoms with E-state index in [2.05, 4.69) is 10.3 Å². The van der Waals surface area contributed by atoms with Crippen LogP contribution in [0.3, 0.4) is 0 Å². The summed E-state index contributed by atoms with van der Waals surface area (Å²) < 4.78 is 5.77. The summed E-state index contributed by atoms with van der Waals surface area (Å²) in [6.45, 7) is 2.80. The van der Waals surface area contributed by atoms with Crippen LogP contribution in [0.2, 0.25) is 0 Å². The number of hydrogen-bond acceptors (Lipinski definition) is 3. The van der Waals surface area contributed by atoms with Crippen LogP contribution >= 0.6 is 0 Å². The third kappa shape index (κ3) is 2.79. The molecule has 1 aliphatic heterocycles. The molecule has 0 saturated carbocycles. The van der Waals surface area contributed by atoms with E-state index in [4.69, 9.17) is 4.74 Å². The highest BCUT2D eigenvalue weighted by molar-refractivity contribution is 5.06. The van der Waals surface area contributed by atoms with Gasteiger partial charge in [-0.15, -0.1) is 0 Å². The zero-order valence-corrected chi connectivity index (χ0v) is 8.28. The fraction of sp³-hybridized carbons (Fsp3) is 0.545. The van der Waals surface area contributed by atoms with Gasteiger partial charge in [0.05, 0.1) is 12.7 Å². The highest BCUT2D eigenvalue weighted by Crippen LogP contribution is 2.08. The quantitative estimate of drug-likeness (QED) is 0.785. The number of nitrogens with one attached hydrogen (secondary N) is 1. The molecule has 0 aromatic carbocycles. The minimum Gasteiger partial charge on any atom is -0.372 e. The second-order valence-electron chi connectivity index (χ2n) is 3.64. The third-order valence-corrected chi connectivity index (χ3v) is 2.46. The Morgan fingerprint density at radius 1 is 1.57 bits per heavy atom. The van der Waals surface area contributed by atoms with Crippen molar-refractivity contribution in [2.45, 2.75) is 25.6 Å². The summed E-state index contributed by atoms with van der Waals surface area (Å²) >= 11 is 0. The molecular formula is C11H16N2O. The average Bonchev–Trinajstić information content (AvgIpc) is 2.29. The van der Waals surface area contributed by atoms with E-state index in [1.807, 2.05) is 18.3 Å². The topological polar surface area (TPSA) is 34.1 Å². The van der Waals surface area contributed by atoms with Crippen molar-refractivity contribution < 1.29 is 4.74 Å². The molecule has 1 atom stereocenters. The molecule has 0 aliphatic carbocycles. The van der Waals surface area contributed by atoms with Gasteiger partial charge >= 0.3 is 0 Å². The summed E-state index contributed by atoms with van der Waals surface area (Å²) in [6.07, 6.45) is 6.41. The smallest absolute Gasteiger partial charge is 0.0736 e. The molecule has 2 rings (SSSR count). The van der Waals surface area contributed by atoms with Gasteiger partial charge in [0.25, 0.3) is 0 Å². The van der Waals surface area contributed by atoms with E-state index >= 15 is 0 Å². The van der Waals surface area contributed by atoms with E-state index < -0.39 is 0 Å². The Labute approximate surface area is 84.5 Å². The molecule has 0 bridgehead atoms. The second kappa shape index (κ2) is 5.08. The number of ether oxygens (including phenoxy) is 1. The zero-order valence-electron chi connectivity index (χ0n) is 8.28. The lowest BCUT2D eigenvalue weighted by Crippen LogP contribution is -2.35. The molecule has 3 nitrogen and oxygen atoms in total. The van der Waals surface area contributed by atoms with Crippen LogP contribution in [0.25, 0.3) is 0 Å². The van der Waals surface area contributed by atoms with Crippen molar-refractivity contribution in [2.75, 3.05) is 13.1 Å². The summed E-state index contributed by atoms with van der Waals surface area (Å²) in [5, 5.41) is 3.33. The van der Waals surface area contributed by atoms with Gasteiger partial charge in [0.15, 0.2) is 0 Å². The Morgan fingerprint density at radius 2 is 2.57 bits per heavy atom. The van der Waals surface area contributed by atoms with Gasteiger partial charge in [0.1, 0.15) is 0 Å². The fourth-order valence-corrected chi connectivity index (χ4v) is 1.66. The summed E-state index contributed by atoms with van der Waals surface area (Å²) in [6, 6.07) is 3.99. The molecule has 3 heteroatoms. The molecule has 1 saturated heterocycles. The predicted molar refractivity (Wildman–Crippen MR) is 54.9 cm³/mol. The first kappa shape index (κ1) is 9.62. The minimum absolute atomic E-state index is 0.379. The van der Waals surface area contributed by atoms with E-state index in [9.17, 15) is 0 Å². The van der Waals surface area contributed by atoms with E-state index in [-0.39, 0.29) is 0 Å². The first-order valence-electron chi connectivity index (χ1n) is 5.16. The first-order chi connectivity index (χ1) is 6.95. The molecule has 1 N–H and O–H groups in total. The molecule has 14 heavy (non-hydrogen) atoms. The van der Waals surface area contributed by atoms with Gasteiger partial charge < -0.3 is 10.1 Å². The maximum atomic E-state index is 5.77. The van der Waals surface area contributed by atoms with E-state index in [0.29, 0.717) is 12.7 Å². The van der Waals surface area contributed by atoms with Crippen LogP contribution in [0.4, 0.5) is 0 Å². The number of piperidine rings is 1. The van der Waals surface area contributed by atoms with Gasteiger partial charge in [-0.25, -0.2) is 0 Å². The highest BCUT2D eigenvalue weighted by Gasteiger charge is 2.12. The standard InChI is InChI=1S/C11H16N2O/c1-3-10(7-12-5-1)9-14-11-4-2-6-13-8-11/h1,3,5,7,11,13H,2,4,6,8-9H2/t11-/m1/s1. The Morgan fingerprint density at radius 3 is 3.29 bits per heavy atom. The van der Waals surface area contributed by atoms with E-state index in [0.717, 1.165) is 18.7 Å². The van der Waals surface area contributed by atoms with Gasteiger partial charge in [-0.2, -0.15) is 0 Å². The maximum Gasteiger partial charge on any atom is 0.0736 e. The van der Waals surface area contributed by atoms with Crippen LogP contribution in [-0.4, -0.2) is 24.2 Å². The van der Waals surface area contributed by atoms with Crippen LogP contribution in [-0.2, 0) is 11.3 Å². The van der Waals surface area contributed by atoms with Gasteiger partial charge in [-0.1, -0.05) is 6.07 Å². The molecule has 1 fully saturated rings. The van der Waals surface area contributed by atoms with Crippen molar-refractivity contribution in [2.24, 2.45) is 0 Å². The monoisotopic (exact) mass is 192 g/mol. The molecule has 0 amide bonds. The van der Waals surface area contributed by atoms with Crippen LogP contribution < -0.4 is 5.32 Å². The Kier molecular flexibility index (Phi) is 3.49. The van der Waals surface area contributed by atoms with Crippen molar-refractivity contribution in [3.8, 4) is 0 Å². The average molecular weight is 192 g/mol. The maximum absolute atomic E-state index is 5.77. The van der Waals surface area contributed by atoms with Crippen molar-refractivity contribution >= 4 is 0 Å². The van der Waals surface area contributed by atoms with E-state index in [1.165, 1.54) is 12.8 Å². The van der Waals surface area contributed by atoms with Crippen LogP contribution in [0.15, 0.2) is 24.5 Å². The van der Waals surface area contributed by atoms with Crippen LogP contribution in [0, 0.1) is 0 Å². The number of aromatic nitrogens is 1. The molecule has 0 spiro atoms. The van der Waals surface area contributed by atoms with Crippen molar-refractivity contribution in [1.29, 1.82) is 0 Å². The summed E-state index contributed by atoms with van der Waals surface area (Å²) in [5.74, 6) is 0.